The SMILES string of the molecule is Nc1nc(-c2ccc(Br)c3cccnc23)ncc1I. The van der Waals surface area contributed by atoms with E-state index in [0.717, 1.165) is 24.5 Å². The third-order valence-electron chi connectivity index (χ3n) is 2.73. The second-order valence-electron chi connectivity index (χ2n) is 3.92. The number of halogens is 2. The van der Waals surface area contributed by atoms with Gasteiger partial charge in [0.25, 0.3) is 0 Å². The molecule has 6 heteroatoms. The van der Waals surface area contributed by atoms with Crippen molar-refractivity contribution in [1.29, 1.82) is 0 Å². The third kappa shape index (κ3) is 2.30. The second-order valence-corrected chi connectivity index (χ2v) is 5.94. The molecular formula is C13H8BrIN4. The van der Waals surface area contributed by atoms with Gasteiger partial charge in [0, 0.05) is 27.8 Å². The number of nitrogens with two attached hydrogens (primary N) is 1. The zero-order valence-corrected chi connectivity index (χ0v) is 13.4. The van der Waals surface area contributed by atoms with E-state index in [1.807, 2.05) is 24.3 Å². The predicted octanol–water partition coefficient (Wildman–Crippen LogP) is 3.64. The van der Waals surface area contributed by atoms with E-state index in [-0.39, 0.29) is 0 Å². The van der Waals surface area contributed by atoms with Gasteiger partial charge in [-0.1, -0.05) is 22.0 Å². The minimum atomic E-state index is 0.484. The number of nitrogens with zero attached hydrogens (tertiary/aromatic N) is 3. The molecule has 19 heavy (non-hydrogen) atoms. The average Bonchev–Trinajstić information content (AvgIpc) is 2.43. The van der Waals surface area contributed by atoms with Gasteiger partial charge in [0.15, 0.2) is 5.82 Å². The van der Waals surface area contributed by atoms with Crippen LogP contribution >= 0.6 is 38.5 Å². The Morgan fingerprint density at radius 3 is 2.79 bits per heavy atom. The van der Waals surface area contributed by atoms with Crippen molar-refractivity contribution in [3.63, 3.8) is 0 Å². The summed E-state index contributed by atoms with van der Waals surface area (Å²) in [5.74, 6) is 1.08. The van der Waals surface area contributed by atoms with Gasteiger partial charge in [-0.05, 0) is 40.8 Å². The van der Waals surface area contributed by atoms with Gasteiger partial charge in [0.05, 0.1) is 9.09 Å². The molecule has 2 aromatic heterocycles. The molecule has 1 aromatic carbocycles. The van der Waals surface area contributed by atoms with Crippen molar-refractivity contribution in [3.8, 4) is 11.4 Å². The molecule has 0 atom stereocenters. The molecule has 0 unspecified atom stereocenters. The van der Waals surface area contributed by atoms with E-state index >= 15 is 0 Å². The largest absolute Gasteiger partial charge is 0.383 e. The molecule has 0 aliphatic heterocycles. The molecule has 3 rings (SSSR count). The third-order valence-corrected chi connectivity index (χ3v) is 4.25. The van der Waals surface area contributed by atoms with Crippen LogP contribution in [0.3, 0.4) is 0 Å². The summed E-state index contributed by atoms with van der Waals surface area (Å²) in [6.45, 7) is 0. The summed E-state index contributed by atoms with van der Waals surface area (Å²) in [4.78, 5) is 13.1. The second kappa shape index (κ2) is 5.01. The lowest BCUT2D eigenvalue weighted by Gasteiger charge is -2.07. The summed E-state index contributed by atoms with van der Waals surface area (Å²) < 4.78 is 1.84. The summed E-state index contributed by atoms with van der Waals surface area (Å²) in [6.07, 6.45) is 3.48. The Kier molecular flexibility index (Phi) is 3.36. The maximum atomic E-state index is 5.84. The number of anilines is 1. The van der Waals surface area contributed by atoms with Gasteiger partial charge in [-0.25, -0.2) is 9.97 Å². The van der Waals surface area contributed by atoms with Crippen molar-refractivity contribution in [3.05, 3.63) is 44.7 Å². The zero-order valence-electron chi connectivity index (χ0n) is 9.64. The molecule has 0 fully saturated rings. The number of hydrogen-bond donors (Lipinski definition) is 1. The Bertz CT molecular complexity index is 776. The van der Waals surface area contributed by atoms with Crippen molar-refractivity contribution in [2.75, 3.05) is 5.73 Å². The van der Waals surface area contributed by atoms with Gasteiger partial charge in [0.1, 0.15) is 5.82 Å². The minimum Gasteiger partial charge on any atom is -0.383 e. The van der Waals surface area contributed by atoms with E-state index in [2.05, 4.69) is 53.5 Å². The van der Waals surface area contributed by atoms with Crippen LogP contribution in [0.2, 0.25) is 0 Å². The van der Waals surface area contributed by atoms with Crippen LogP contribution in [0, 0.1) is 3.57 Å². The van der Waals surface area contributed by atoms with Crippen molar-refractivity contribution < 1.29 is 0 Å². The van der Waals surface area contributed by atoms with Crippen LogP contribution in [-0.2, 0) is 0 Å². The molecule has 94 valence electrons. The van der Waals surface area contributed by atoms with E-state index in [9.17, 15) is 0 Å². The first kappa shape index (κ1) is 12.7. The first-order chi connectivity index (χ1) is 9.16. The number of fused-ring (bicyclic) bond motifs is 1. The Labute approximate surface area is 131 Å². The van der Waals surface area contributed by atoms with Gasteiger partial charge in [-0.3, -0.25) is 4.98 Å². The van der Waals surface area contributed by atoms with Crippen molar-refractivity contribution in [2.45, 2.75) is 0 Å². The van der Waals surface area contributed by atoms with Gasteiger partial charge in [-0.15, -0.1) is 0 Å². The molecular weight excluding hydrogens is 419 g/mol. The van der Waals surface area contributed by atoms with Crippen LogP contribution < -0.4 is 5.73 Å². The Balaban J connectivity index is 2.31. The molecule has 0 amide bonds. The quantitative estimate of drug-likeness (QED) is 0.603. The van der Waals surface area contributed by atoms with Crippen LogP contribution in [0.15, 0.2) is 41.1 Å². The monoisotopic (exact) mass is 426 g/mol. The van der Waals surface area contributed by atoms with Crippen LogP contribution in [0.4, 0.5) is 5.82 Å². The van der Waals surface area contributed by atoms with Gasteiger partial charge in [-0.2, -0.15) is 0 Å². The van der Waals surface area contributed by atoms with Crippen molar-refractivity contribution >= 4 is 55.2 Å². The lowest BCUT2D eigenvalue weighted by atomic mass is 10.1. The highest BCUT2D eigenvalue weighted by atomic mass is 127. The first-order valence-electron chi connectivity index (χ1n) is 5.48. The minimum absolute atomic E-state index is 0.484. The highest BCUT2D eigenvalue weighted by Gasteiger charge is 2.11. The number of benzene rings is 1. The molecule has 0 saturated carbocycles. The Hall–Kier alpha value is -1.28. The lowest BCUT2D eigenvalue weighted by Crippen LogP contribution is -1.99. The average molecular weight is 427 g/mol. The van der Waals surface area contributed by atoms with Gasteiger partial charge >= 0.3 is 0 Å². The van der Waals surface area contributed by atoms with E-state index in [1.165, 1.54) is 0 Å². The summed E-state index contributed by atoms with van der Waals surface area (Å²) in [6, 6.07) is 7.82. The van der Waals surface area contributed by atoms with Crippen molar-refractivity contribution in [2.24, 2.45) is 0 Å². The van der Waals surface area contributed by atoms with Crippen LogP contribution in [-0.4, -0.2) is 15.0 Å². The Morgan fingerprint density at radius 2 is 2.00 bits per heavy atom. The van der Waals surface area contributed by atoms with Crippen molar-refractivity contribution in [1.82, 2.24) is 15.0 Å². The highest BCUT2D eigenvalue weighted by molar-refractivity contribution is 14.1. The van der Waals surface area contributed by atoms with Crippen LogP contribution in [0.25, 0.3) is 22.3 Å². The maximum absolute atomic E-state index is 5.84. The summed E-state index contributed by atoms with van der Waals surface area (Å²) in [7, 11) is 0. The fourth-order valence-electron chi connectivity index (χ4n) is 1.83. The standard InChI is InChI=1S/C13H8BrIN4/c14-9-4-3-8(11-7(9)2-1-5-17-11)13-18-6-10(15)12(16)19-13/h1-6H,(H2,16,18,19). The normalized spacial score (nSPS) is 10.8. The molecule has 0 aliphatic rings. The number of nitrogen functional groups attached to an aromatic ring is 1. The first-order valence-corrected chi connectivity index (χ1v) is 7.35. The fourth-order valence-corrected chi connectivity index (χ4v) is 2.54. The molecule has 0 spiro atoms. The molecule has 2 N–H and O–H groups in total. The number of hydrogen-bond acceptors (Lipinski definition) is 4. The zero-order chi connectivity index (χ0) is 13.4. The Morgan fingerprint density at radius 1 is 1.16 bits per heavy atom. The summed E-state index contributed by atoms with van der Waals surface area (Å²) in [5.41, 5.74) is 7.58. The maximum Gasteiger partial charge on any atom is 0.163 e. The van der Waals surface area contributed by atoms with E-state index in [0.29, 0.717) is 11.6 Å². The highest BCUT2D eigenvalue weighted by Crippen LogP contribution is 2.30. The molecule has 0 bridgehead atoms. The molecule has 3 aromatic rings. The molecule has 4 nitrogen and oxygen atoms in total. The topological polar surface area (TPSA) is 64.7 Å². The van der Waals surface area contributed by atoms with E-state index in [4.69, 9.17) is 5.73 Å². The van der Waals surface area contributed by atoms with Gasteiger partial charge in [0.2, 0.25) is 0 Å². The number of pyridine rings is 1. The molecule has 0 saturated heterocycles. The van der Waals surface area contributed by atoms with E-state index < -0.39 is 0 Å². The lowest BCUT2D eigenvalue weighted by molar-refractivity contribution is 1.17. The molecule has 2 heterocycles. The molecule has 0 radical (unpaired) electrons. The van der Waals surface area contributed by atoms with Crippen LogP contribution in [0.1, 0.15) is 0 Å². The summed E-state index contributed by atoms with van der Waals surface area (Å²) >= 11 is 5.63. The van der Waals surface area contributed by atoms with E-state index in [1.54, 1.807) is 12.4 Å². The van der Waals surface area contributed by atoms with Crippen LogP contribution in [0.5, 0.6) is 0 Å². The predicted molar refractivity (Wildman–Crippen MR) is 87.6 cm³/mol. The number of rotatable bonds is 1. The summed E-state index contributed by atoms with van der Waals surface area (Å²) in [5, 5.41) is 1.03. The fraction of sp³-hybridized carbons (Fsp3) is 0. The van der Waals surface area contributed by atoms with Gasteiger partial charge < -0.3 is 5.73 Å². The smallest absolute Gasteiger partial charge is 0.163 e. The molecule has 0 aliphatic carbocycles. The number of aromatic nitrogens is 3.